The Bertz CT molecular complexity index is 851. The molecule has 10 nitrogen and oxygen atoms in total. The van der Waals surface area contributed by atoms with Crippen LogP contribution in [0, 0.1) is 20.2 Å². The van der Waals surface area contributed by atoms with Crippen molar-refractivity contribution in [3.63, 3.8) is 0 Å². The fourth-order valence-corrected chi connectivity index (χ4v) is 2.37. The van der Waals surface area contributed by atoms with Crippen LogP contribution in [0.4, 0.5) is 11.4 Å². The molecule has 1 amide bonds. The molecule has 140 valence electrons. The van der Waals surface area contributed by atoms with Crippen molar-refractivity contribution in [3.05, 3.63) is 79.9 Å². The number of hydrogen-bond acceptors (Lipinski definition) is 7. The van der Waals surface area contributed by atoms with Gasteiger partial charge in [-0.05, 0) is 5.56 Å². The molecule has 0 radical (unpaired) electrons. The third-order valence-corrected chi connectivity index (χ3v) is 3.69. The van der Waals surface area contributed by atoms with E-state index >= 15 is 0 Å². The number of esters is 1. The standard InChI is InChI=1S/C17H15N3O7/c1-27-16(21)10-15(11-5-3-2-4-6-11)18-17(22)12-7-13(19(23)24)9-14(8-12)20(25)26/h2-9,15H,10H2,1H3,(H,18,22)/t15-/m1/s1. The van der Waals surface area contributed by atoms with Crippen molar-refractivity contribution >= 4 is 23.3 Å². The number of nitro groups is 2. The Hall–Kier alpha value is -3.82. The highest BCUT2D eigenvalue weighted by Gasteiger charge is 2.23. The summed E-state index contributed by atoms with van der Waals surface area (Å²) >= 11 is 0. The average molecular weight is 373 g/mol. The number of nitrogens with one attached hydrogen (secondary N) is 1. The molecular formula is C17H15N3O7. The second-order valence-electron chi connectivity index (χ2n) is 5.47. The normalized spacial score (nSPS) is 11.3. The van der Waals surface area contributed by atoms with E-state index in [2.05, 4.69) is 10.1 Å². The average Bonchev–Trinajstić information content (AvgIpc) is 2.67. The van der Waals surface area contributed by atoms with Crippen molar-refractivity contribution in [1.82, 2.24) is 5.32 Å². The molecule has 0 saturated carbocycles. The quantitative estimate of drug-likeness (QED) is 0.446. The maximum absolute atomic E-state index is 12.5. The molecule has 10 heteroatoms. The minimum Gasteiger partial charge on any atom is -0.469 e. The minimum absolute atomic E-state index is 0.177. The van der Waals surface area contributed by atoms with Crippen molar-refractivity contribution in [2.75, 3.05) is 7.11 Å². The van der Waals surface area contributed by atoms with E-state index in [9.17, 15) is 29.8 Å². The number of methoxy groups -OCH3 is 1. The molecule has 2 rings (SSSR count). The third kappa shape index (κ3) is 5.08. The SMILES string of the molecule is COC(=O)C[C@@H](NC(=O)c1cc([N+](=O)[O-])cc([N+](=O)[O-])c1)c1ccccc1. The van der Waals surface area contributed by atoms with Crippen LogP contribution in [0.25, 0.3) is 0 Å². The van der Waals surface area contributed by atoms with Gasteiger partial charge in [0.25, 0.3) is 17.3 Å². The Morgan fingerprint density at radius 2 is 1.59 bits per heavy atom. The number of carbonyl (C=O) groups excluding carboxylic acids is 2. The Kier molecular flexibility index (Phi) is 6.15. The van der Waals surface area contributed by atoms with Crippen LogP contribution in [0.2, 0.25) is 0 Å². The molecule has 0 saturated heterocycles. The maximum Gasteiger partial charge on any atom is 0.307 e. The van der Waals surface area contributed by atoms with E-state index in [1.54, 1.807) is 30.3 Å². The second kappa shape index (κ2) is 8.52. The van der Waals surface area contributed by atoms with E-state index in [4.69, 9.17) is 0 Å². The molecule has 1 atom stereocenters. The molecule has 2 aromatic rings. The number of ether oxygens (including phenoxy) is 1. The van der Waals surface area contributed by atoms with Gasteiger partial charge < -0.3 is 10.1 Å². The van der Waals surface area contributed by atoms with Gasteiger partial charge in [-0.2, -0.15) is 0 Å². The predicted octanol–water partition coefficient (Wildman–Crippen LogP) is 2.54. The minimum atomic E-state index is -0.826. The summed E-state index contributed by atoms with van der Waals surface area (Å²) in [6.45, 7) is 0. The molecule has 0 aliphatic heterocycles. The Morgan fingerprint density at radius 3 is 2.07 bits per heavy atom. The van der Waals surface area contributed by atoms with Crippen molar-refractivity contribution in [1.29, 1.82) is 0 Å². The fraction of sp³-hybridized carbons (Fsp3) is 0.176. The van der Waals surface area contributed by atoms with Gasteiger partial charge in [-0.25, -0.2) is 0 Å². The number of non-ortho nitro benzene ring substituents is 2. The van der Waals surface area contributed by atoms with E-state index in [0.29, 0.717) is 5.56 Å². The summed E-state index contributed by atoms with van der Waals surface area (Å²) < 4.78 is 4.62. The van der Waals surface area contributed by atoms with Gasteiger partial charge in [-0.1, -0.05) is 30.3 Å². The molecule has 0 heterocycles. The summed E-state index contributed by atoms with van der Waals surface area (Å²) in [5, 5.41) is 24.5. The van der Waals surface area contributed by atoms with Crippen molar-refractivity contribution in [2.45, 2.75) is 12.5 Å². The van der Waals surface area contributed by atoms with Crippen molar-refractivity contribution < 1.29 is 24.2 Å². The zero-order chi connectivity index (χ0) is 20.0. The monoisotopic (exact) mass is 373 g/mol. The summed E-state index contributed by atoms with van der Waals surface area (Å²) in [4.78, 5) is 44.5. The molecule has 0 aliphatic carbocycles. The molecule has 0 unspecified atom stereocenters. The molecule has 0 bridgehead atoms. The molecule has 27 heavy (non-hydrogen) atoms. The largest absolute Gasteiger partial charge is 0.469 e. The first-order valence-electron chi connectivity index (χ1n) is 7.68. The van der Waals surface area contributed by atoms with Crippen LogP contribution < -0.4 is 5.32 Å². The lowest BCUT2D eigenvalue weighted by atomic mass is 10.0. The second-order valence-corrected chi connectivity index (χ2v) is 5.47. The zero-order valence-electron chi connectivity index (χ0n) is 14.2. The lowest BCUT2D eigenvalue weighted by Crippen LogP contribution is -2.30. The van der Waals surface area contributed by atoms with E-state index in [0.717, 1.165) is 18.2 Å². The number of hydrogen-bond donors (Lipinski definition) is 1. The van der Waals surface area contributed by atoms with Gasteiger partial charge in [-0.3, -0.25) is 29.8 Å². The van der Waals surface area contributed by atoms with Crippen LogP contribution in [0.3, 0.4) is 0 Å². The molecule has 0 aromatic heterocycles. The molecule has 0 spiro atoms. The summed E-state index contributed by atoms with van der Waals surface area (Å²) in [6, 6.07) is 10.4. The van der Waals surface area contributed by atoms with Crippen LogP contribution in [0.5, 0.6) is 0 Å². The lowest BCUT2D eigenvalue weighted by Gasteiger charge is -2.18. The Morgan fingerprint density at radius 1 is 1.04 bits per heavy atom. The summed E-state index contributed by atoms with van der Waals surface area (Å²) in [6.07, 6.45) is -0.177. The third-order valence-electron chi connectivity index (χ3n) is 3.69. The summed E-state index contributed by atoms with van der Waals surface area (Å²) in [5.41, 5.74) is -0.824. The van der Waals surface area contributed by atoms with Crippen LogP contribution >= 0.6 is 0 Å². The van der Waals surface area contributed by atoms with Gasteiger partial charge in [-0.15, -0.1) is 0 Å². The number of carbonyl (C=O) groups is 2. The van der Waals surface area contributed by atoms with Crippen LogP contribution in [0.15, 0.2) is 48.5 Å². The number of rotatable bonds is 7. The number of nitrogens with zero attached hydrogens (tertiary/aromatic N) is 2. The van der Waals surface area contributed by atoms with Crippen molar-refractivity contribution in [3.8, 4) is 0 Å². The lowest BCUT2D eigenvalue weighted by molar-refractivity contribution is -0.394. The van der Waals surface area contributed by atoms with E-state index in [1.165, 1.54) is 7.11 Å². The number of nitro benzene ring substituents is 2. The Balaban J connectivity index is 2.35. The highest BCUT2D eigenvalue weighted by Crippen LogP contribution is 2.24. The first kappa shape index (κ1) is 19.5. The van der Waals surface area contributed by atoms with Gasteiger partial charge in [0, 0.05) is 12.1 Å². The molecular weight excluding hydrogens is 358 g/mol. The number of benzene rings is 2. The topological polar surface area (TPSA) is 142 Å². The summed E-state index contributed by atoms with van der Waals surface area (Å²) in [7, 11) is 1.20. The smallest absolute Gasteiger partial charge is 0.307 e. The zero-order valence-corrected chi connectivity index (χ0v) is 14.2. The first-order chi connectivity index (χ1) is 12.8. The van der Waals surface area contributed by atoms with Gasteiger partial charge in [0.2, 0.25) is 0 Å². The first-order valence-corrected chi connectivity index (χ1v) is 7.68. The fourth-order valence-electron chi connectivity index (χ4n) is 2.37. The van der Waals surface area contributed by atoms with Gasteiger partial charge >= 0.3 is 5.97 Å². The van der Waals surface area contributed by atoms with E-state index in [1.807, 2.05) is 0 Å². The van der Waals surface area contributed by atoms with E-state index < -0.39 is 39.1 Å². The van der Waals surface area contributed by atoms with Gasteiger partial charge in [0.1, 0.15) is 0 Å². The molecule has 2 aromatic carbocycles. The van der Waals surface area contributed by atoms with Crippen molar-refractivity contribution in [2.24, 2.45) is 0 Å². The van der Waals surface area contributed by atoms with Gasteiger partial charge in [0.15, 0.2) is 0 Å². The highest BCUT2D eigenvalue weighted by molar-refractivity contribution is 5.96. The molecule has 1 N–H and O–H groups in total. The Labute approximate surface area is 153 Å². The molecule has 0 fully saturated rings. The van der Waals surface area contributed by atoms with Gasteiger partial charge in [0.05, 0.1) is 41.0 Å². The molecule has 0 aliphatic rings. The van der Waals surface area contributed by atoms with Crippen LogP contribution in [-0.2, 0) is 9.53 Å². The summed E-state index contributed by atoms with van der Waals surface area (Å²) in [5.74, 6) is -1.37. The highest BCUT2D eigenvalue weighted by atomic mass is 16.6. The van der Waals surface area contributed by atoms with Crippen LogP contribution in [-0.4, -0.2) is 28.8 Å². The number of amides is 1. The predicted molar refractivity (Wildman–Crippen MR) is 93.0 cm³/mol. The van der Waals surface area contributed by atoms with E-state index in [-0.39, 0.29) is 12.0 Å². The maximum atomic E-state index is 12.5. The van der Waals surface area contributed by atoms with Crippen LogP contribution in [0.1, 0.15) is 28.4 Å².